The summed E-state index contributed by atoms with van der Waals surface area (Å²) in [6.45, 7) is 0.196. The number of aliphatic hydroxyl groups is 1. The van der Waals surface area contributed by atoms with Crippen molar-refractivity contribution in [2.75, 3.05) is 17.7 Å². The molecule has 3 nitrogen and oxygen atoms in total. The van der Waals surface area contributed by atoms with Gasteiger partial charge in [0.05, 0.1) is 5.25 Å². The van der Waals surface area contributed by atoms with Gasteiger partial charge < -0.3 is 10.4 Å². The number of thioether (sulfide) groups is 1. The van der Waals surface area contributed by atoms with Gasteiger partial charge >= 0.3 is 0 Å². The lowest BCUT2D eigenvalue weighted by Gasteiger charge is -2.12. The van der Waals surface area contributed by atoms with E-state index >= 15 is 0 Å². The summed E-state index contributed by atoms with van der Waals surface area (Å²) in [5, 5.41) is 11.7. The summed E-state index contributed by atoms with van der Waals surface area (Å²) in [7, 11) is 0. The molecule has 0 spiro atoms. The van der Waals surface area contributed by atoms with E-state index in [1.54, 1.807) is 11.8 Å². The number of hydrogen-bond donors (Lipinski definition) is 2. The van der Waals surface area contributed by atoms with Crippen LogP contribution in [-0.2, 0) is 11.2 Å². The Bertz CT molecular complexity index is 395. The fourth-order valence-corrected chi connectivity index (χ4v) is 3.02. The van der Waals surface area contributed by atoms with Crippen LogP contribution in [0.1, 0.15) is 18.4 Å². The molecular formula is C13H17NO2S. The Hall–Kier alpha value is -1.00. The van der Waals surface area contributed by atoms with Crippen LogP contribution in [0.25, 0.3) is 0 Å². The van der Waals surface area contributed by atoms with Crippen molar-refractivity contribution in [3.05, 3.63) is 29.8 Å². The zero-order chi connectivity index (χ0) is 12.1. The molecule has 0 aromatic heterocycles. The lowest BCUT2D eigenvalue weighted by molar-refractivity contribution is -0.115. The summed E-state index contributed by atoms with van der Waals surface area (Å²) in [4.78, 5) is 12.0. The number of fused-ring (bicyclic) bond motifs is 1. The summed E-state index contributed by atoms with van der Waals surface area (Å²) in [6.07, 6.45) is 2.56. The van der Waals surface area contributed by atoms with Crippen LogP contribution in [-0.4, -0.2) is 28.6 Å². The smallest absolute Gasteiger partial charge is 0.237 e. The summed E-state index contributed by atoms with van der Waals surface area (Å²) >= 11 is 1.64. The highest BCUT2D eigenvalue weighted by atomic mass is 32.2. The van der Waals surface area contributed by atoms with Crippen molar-refractivity contribution in [3.8, 4) is 0 Å². The van der Waals surface area contributed by atoms with Crippen LogP contribution in [0, 0.1) is 0 Å². The molecule has 1 aromatic carbocycles. The minimum absolute atomic E-state index is 0.00829. The molecule has 1 aliphatic rings. The second-order valence-electron chi connectivity index (χ2n) is 4.12. The molecule has 0 saturated heterocycles. The zero-order valence-electron chi connectivity index (χ0n) is 9.69. The van der Waals surface area contributed by atoms with E-state index in [1.807, 2.05) is 18.2 Å². The van der Waals surface area contributed by atoms with Crippen LogP contribution in [0.4, 0.5) is 5.69 Å². The van der Waals surface area contributed by atoms with Gasteiger partial charge in [0.2, 0.25) is 5.91 Å². The number of anilines is 1. The van der Waals surface area contributed by atoms with Crippen LogP contribution in [0.2, 0.25) is 0 Å². The molecule has 0 saturated carbocycles. The second-order valence-corrected chi connectivity index (χ2v) is 5.43. The second kappa shape index (κ2) is 6.07. The maximum absolute atomic E-state index is 12.0. The van der Waals surface area contributed by atoms with Crippen molar-refractivity contribution >= 4 is 23.4 Å². The molecule has 1 unspecified atom stereocenters. The zero-order valence-corrected chi connectivity index (χ0v) is 10.5. The topological polar surface area (TPSA) is 49.3 Å². The van der Waals surface area contributed by atoms with Crippen LogP contribution in [0.3, 0.4) is 0 Å². The SMILES string of the molecule is O=C1Nc2ccccc2CCC1SCCCO. The Balaban J connectivity index is 2.00. The van der Waals surface area contributed by atoms with E-state index < -0.39 is 0 Å². The van der Waals surface area contributed by atoms with Gasteiger partial charge in [-0.15, -0.1) is 11.8 Å². The molecule has 2 N–H and O–H groups in total. The Morgan fingerprint density at radius 2 is 2.24 bits per heavy atom. The van der Waals surface area contributed by atoms with E-state index in [1.165, 1.54) is 5.56 Å². The number of carbonyl (C=O) groups is 1. The number of amides is 1. The molecule has 0 radical (unpaired) electrons. The highest BCUT2D eigenvalue weighted by molar-refractivity contribution is 8.00. The van der Waals surface area contributed by atoms with Gasteiger partial charge in [-0.2, -0.15) is 0 Å². The molecule has 4 heteroatoms. The number of hydrogen-bond acceptors (Lipinski definition) is 3. The Morgan fingerprint density at radius 1 is 1.41 bits per heavy atom. The maximum atomic E-state index is 12.0. The van der Waals surface area contributed by atoms with Crippen LogP contribution in [0.15, 0.2) is 24.3 Å². The highest BCUT2D eigenvalue weighted by Gasteiger charge is 2.23. The Labute approximate surface area is 106 Å². The van der Waals surface area contributed by atoms with Crippen LogP contribution < -0.4 is 5.32 Å². The molecule has 2 rings (SSSR count). The largest absolute Gasteiger partial charge is 0.396 e. The average Bonchev–Trinajstić information content (AvgIpc) is 2.49. The number of benzene rings is 1. The van der Waals surface area contributed by atoms with E-state index in [0.29, 0.717) is 0 Å². The van der Waals surface area contributed by atoms with Crippen LogP contribution in [0.5, 0.6) is 0 Å². The minimum Gasteiger partial charge on any atom is -0.396 e. The number of para-hydroxylation sites is 1. The van der Waals surface area contributed by atoms with Gasteiger partial charge in [-0.25, -0.2) is 0 Å². The number of nitrogens with one attached hydrogen (secondary N) is 1. The molecule has 1 atom stereocenters. The number of carbonyl (C=O) groups excluding carboxylic acids is 1. The Morgan fingerprint density at radius 3 is 3.06 bits per heavy atom. The molecule has 17 heavy (non-hydrogen) atoms. The molecular weight excluding hydrogens is 234 g/mol. The van der Waals surface area contributed by atoms with Crippen molar-refractivity contribution in [1.29, 1.82) is 0 Å². The molecule has 0 fully saturated rings. The fourth-order valence-electron chi connectivity index (χ4n) is 1.94. The number of aliphatic hydroxyl groups excluding tert-OH is 1. The first kappa shape index (κ1) is 12.5. The molecule has 92 valence electrons. The summed E-state index contributed by atoms with van der Waals surface area (Å²) in [6, 6.07) is 7.97. The third-order valence-electron chi connectivity index (χ3n) is 2.87. The van der Waals surface area contributed by atoms with Gasteiger partial charge in [0.1, 0.15) is 0 Å². The van der Waals surface area contributed by atoms with E-state index in [0.717, 1.165) is 30.7 Å². The quantitative estimate of drug-likeness (QED) is 0.805. The van der Waals surface area contributed by atoms with Gasteiger partial charge in [-0.3, -0.25) is 4.79 Å². The maximum Gasteiger partial charge on any atom is 0.237 e. The molecule has 1 aliphatic heterocycles. The molecule has 0 bridgehead atoms. The van der Waals surface area contributed by atoms with E-state index in [2.05, 4.69) is 11.4 Å². The predicted octanol–water partition coefficient (Wildman–Crippen LogP) is 2.06. The monoisotopic (exact) mass is 251 g/mol. The van der Waals surface area contributed by atoms with E-state index in [4.69, 9.17) is 5.11 Å². The number of rotatable bonds is 4. The van der Waals surface area contributed by atoms with Crippen molar-refractivity contribution in [1.82, 2.24) is 0 Å². The first-order valence-corrected chi connectivity index (χ1v) is 6.97. The number of aryl methyl sites for hydroxylation is 1. The molecule has 0 aliphatic carbocycles. The third-order valence-corrected chi connectivity index (χ3v) is 4.24. The third kappa shape index (κ3) is 3.23. The first-order chi connectivity index (χ1) is 8.31. The molecule has 1 heterocycles. The van der Waals surface area contributed by atoms with Crippen molar-refractivity contribution < 1.29 is 9.90 Å². The lowest BCUT2D eigenvalue weighted by Crippen LogP contribution is -2.24. The van der Waals surface area contributed by atoms with Gasteiger partial charge in [0, 0.05) is 12.3 Å². The normalized spacial score (nSPS) is 19.4. The molecule has 1 amide bonds. The van der Waals surface area contributed by atoms with Crippen molar-refractivity contribution in [3.63, 3.8) is 0 Å². The fraction of sp³-hybridized carbons (Fsp3) is 0.462. The Kier molecular flexibility index (Phi) is 4.45. The highest BCUT2D eigenvalue weighted by Crippen LogP contribution is 2.27. The van der Waals surface area contributed by atoms with Gasteiger partial charge in [0.15, 0.2) is 0 Å². The first-order valence-electron chi connectivity index (χ1n) is 5.92. The summed E-state index contributed by atoms with van der Waals surface area (Å²) in [5.41, 5.74) is 2.16. The van der Waals surface area contributed by atoms with Crippen molar-refractivity contribution in [2.24, 2.45) is 0 Å². The average molecular weight is 251 g/mol. The standard InChI is InChI=1S/C13H17NO2S/c15-8-3-9-17-12-7-6-10-4-1-2-5-11(10)14-13(12)16/h1-2,4-5,12,15H,3,6-9H2,(H,14,16). The summed E-state index contributed by atoms with van der Waals surface area (Å²) < 4.78 is 0. The lowest BCUT2D eigenvalue weighted by atomic mass is 10.1. The van der Waals surface area contributed by atoms with Gasteiger partial charge in [-0.05, 0) is 36.6 Å². The van der Waals surface area contributed by atoms with E-state index in [-0.39, 0.29) is 17.8 Å². The minimum atomic E-state index is 0.00829. The van der Waals surface area contributed by atoms with E-state index in [9.17, 15) is 4.79 Å². The van der Waals surface area contributed by atoms with Gasteiger partial charge in [0.25, 0.3) is 0 Å². The predicted molar refractivity (Wildman–Crippen MR) is 71.3 cm³/mol. The molecule has 1 aromatic rings. The van der Waals surface area contributed by atoms with Gasteiger partial charge in [-0.1, -0.05) is 18.2 Å². The summed E-state index contributed by atoms with van der Waals surface area (Å²) in [5.74, 6) is 0.933. The van der Waals surface area contributed by atoms with Crippen LogP contribution >= 0.6 is 11.8 Å². The van der Waals surface area contributed by atoms with Crippen molar-refractivity contribution in [2.45, 2.75) is 24.5 Å².